The van der Waals surface area contributed by atoms with Gasteiger partial charge in [0.05, 0.1) is 18.8 Å². The Labute approximate surface area is 181 Å². The molecule has 6 nitrogen and oxygen atoms in total. The van der Waals surface area contributed by atoms with Crippen LogP contribution < -0.4 is 10.2 Å². The molecule has 1 aromatic rings. The van der Waals surface area contributed by atoms with Gasteiger partial charge in [-0.15, -0.1) is 0 Å². The lowest BCUT2D eigenvalue weighted by atomic mass is 9.99. The molecular weight excluding hydrogens is 376 g/mol. The molecule has 30 heavy (non-hydrogen) atoms. The molecule has 0 bridgehead atoms. The summed E-state index contributed by atoms with van der Waals surface area (Å²) in [5.41, 5.74) is 4.18. The van der Waals surface area contributed by atoms with Gasteiger partial charge < -0.3 is 24.6 Å². The van der Waals surface area contributed by atoms with Crippen molar-refractivity contribution in [3.05, 3.63) is 29.3 Å². The van der Waals surface area contributed by atoms with Gasteiger partial charge in [-0.25, -0.2) is 0 Å². The van der Waals surface area contributed by atoms with E-state index >= 15 is 0 Å². The number of fused-ring (bicyclic) bond motifs is 1. The molecule has 0 saturated carbocycles. The molecule has 0 aliphatic carbocycles. The largest absolute Gasteiger partial charge is 0.376 e. The van der Waals surface area contributed by atoms with Crippen molar-refractivity contribution in [1.29, 1.82) is 0 Å². The zero-order chi connectivity index (χ0) is 20.8. The standard InChI is InChI=1S/C24H38N4O2/c1-25-24(26-17-19-8-9-23-20(16-19)6-5-12-27(23)2)28-13-10-21(11-14-28)30-18-22-7-3-4-15-29-22/h8-9,16,21-22H,3-7,10-15,17-18H2,1-2H3,(H,25,26). The SMILES string of the molecule is CN=C(NCc1ccc2c(c1)CCCN2C)N1CCC(OCC2CCCCO2)CC1. The van der Waals surface area contributed by atoms with Gasteiger partial charge >= 0.3 is 0 Å². The molecule has 1 unspecified atom stereocenters. The smallest absolute Gasteiger partial charge is 0.193 e. The van der Waals surface area contributed by atoms with Crippen LogP contribution in [0.25, 0.3) is 0 Å². The van der Waals surface area contributed by atoms with Crippen LogP contribution in [0.15, 0.2) is 23.2 Å². The van der Waals surface area contributed by atoms with Crippen LogP contribution in [0.2, 0.25) is 0 Å². The highest BCUT2D eigenvalue weighted by Gasteiger charge is 2.24. The first-order valence-electron chi connectivity index (χ1n) is 11.7. The number of nitrogens with zero attached hydrogens (tertiary/aromatic N) is 3. The molecule has 3 aliphatic heterocycles. The molecule has 6 heteroatoms. The number of hydrogen-bond acceptors (Lipinski definition) is 4. The summed E-state index contributed by atoms with van der Waals surface area (Å²) >= 11 is 0. The van der Waals surface area contributed by atoms with Gasteiger partial charge in [-0.2, -0.15) is 0 Å². The molecule has 1 atom stereocenters. The third-order valence-electron chi connectivity index (χ3n) is 6.69. The maximum absolute atomic E-state index is 6.16. The van der Waals surface area contributed by atoms with Gasteiger partial charge in [0, 0.05) is 52.6 Å². The predicted molar refractivity (Wildman–Crippen MR) is 122 cm³/mol. The normalized spacial score (nSPS) is 23.4. The minimum absolute atomic E-state index is 0.308. The van der Waals surface area contributed by atoms with Crippen molar-refractivity contribution in [3.8, 4) is 0 Å². The second-order valence-corrected chi connectivity index (χ2v) is 8.90. The van der Waals surface area contributed by atoms with E-state index in [0.717, 1.165) is 64.6 Å². The molecule has 2 saturated heterocycles. The van der Waals surface area contributed by atoms with Gasteiger partial charge in [0.15, 0.2) is 5.96 Å². The highest BCUT2D eigenvalue weighted by atomic mass is 16.5. The first-order valence-corrected chi connectivity index (χ1v) is 11.7. The van der Waals surface area contributed by atoms with Crippen LogP contribution in [-0.2, 0) is 22.4 Å². The number of benzene rings is 1. The zero-order valence-corrected chi connectivity index (χ0v) is 18.7. The van der Waals surface area contributed by atoms with E-state index in [1.54, 1.807) is 0 Å². The first-order chi connectivity index (χ1) is 14.7. The van der Waals surface area contributed by atoms with Crippen LogP contribution in [0.3, 0.4) is 0 Å². The van der Waals surface area contributed by atoms with Crippen molar-refractivity contribution in [1.82, 2.24) is 10.2 Å². The fraction of sp³-hybridized carbons (Fsp3) is 0.708. The Balaban J connectivity index is 1.22. The summed E-state index contributed by atoms with van der Waals surface area (Å²) < 4.78 is 12.0. The van der Waals surface area contributed by atoms with E-state index in [2.05, 4.69) is 45.4 Å². The van der Waals surface area contributed by atoms with Gasteiger partial charge in [0.2, 0.25) is 0 Å². The molecule has 1 N–H and O–H groups in total. The molecule has 1 aromatic carbocycles. The average molecular weight is 415 g/mol. The summed E-state index contributed by atoms with van der Waals surface area (Å²) in [5, 5.41) is 3.57. The third kappa shape index (κ3) is 5.46. The Morgan fingerprint density at radius 1 is 1.17 bits per heavy atom. The molecule has 2 fully saturated rings. The molecular formula is C24H38N4O2. The van der Waals surface area contributed by atoms with Crippen molar-refractivity contribution in [2.24, 2.45) is 4.99 Å². The summed E-state index contributed by atoms with van der Waals surface area (Å²) in [6.45, 7) is 5.61. The number of hydrogen-bond donors (Lipinski definition) is 1. The van der Waals surface area contributed by atoms with Crippen LogP contribution in [0.5, 0.6) is 0 Å². The number of nitrogens with one attached hydrogen (secondary N) is 1. The maximum Gasteiger partial charge on any atom is 0.193 e. The predicted octanol–water partition coefficient (Wildman–Crippen LogP) is 3.19. The lowest BCUT2D eigenvalue weighted by Crippen LogP contribution is -2.47. The van der Waals surface area contributed by atoms with Gasteiger partial charge in [-0.3, -0.25) is 4.99 Å². The topological polar surface area (TPSA) is 49.3 Å². The monoisotopic (exact) mass is 414 g/mol. The van der Waals surface area contributed by atoms with E-state index in [-0.39, 0.29) is 0 Å². The molecule has 0 spiro atoms. The molecule has 3 heterocycles. The van der Waals surface area contributed by atoms with Crippen LogP contribution in [-0.4, -0.2) is 70.0 Å². The number of piperidine rings is 1. The number of anilines is 1. The van der Waals surface area contributed by atoms with Crippen molar-refractivity contribution in [2.75, 3.05) is 51.8 Å². The minimum atomic E-state index is 0.308. The van der Waals surface area contributed by atoms with Gasteiger partial charge in [0.25, 0.3) is 0 Å². The van der Waals surface area contributed by atoms with E-state index in [9.17, 15) is 0 Å². The highest BCUT2D eigenvalue weighted by Crippen LogP contribution is 2.26. The lowest BCUT2D eigenvalue weighted by Gasteiger charge is -2.35. The Hall–Kier alpha value is -1.79. The quantitative estimate of drug-likeness (QED) is 0.592. The first kappa shape index (κ1) is 21.4. The van der Waals surface area contributed by atoms with Crippen molar-refractivity contribution in [2.45, 2.75) is 63.7 Å². The summed E-state index contributed by atoms with van der Waals surface area (Å²) in [7, 11) is 4.07. The van der Waals surface area contributed by atoms with Crippen LogP contribution in [0.4, 0.5) is 5.69 Å². The second-order valence-electron chi connectivity index (χ2n) is 8.90. The van der Waals surface area contributed by atoms with Crippen molar-refractivity contribution in [3.63, 3.8) is 0 Å². The van der Waals surface area contributed by atoms with Gasteiger partial charge in [0.1, 0.15) is 0 Å². The molecule has 3 aliphatic rings. The number of ether oxygens (including phenoxy) is 2. The van der Waals surface area contributed by atoms with Gasteiger partial charge in [-0.05, 0) is 62.1 Å². The molecule has 0 radical (unpaired) electrons. The van der Waals surface area contributed by atoms with E-state index in [0.29, 0.717) is 12.2 Å². The Morgan fingerprint density at radius 3 is 2.80 bits per heavy atom. The number of aliphatic imine (C=N–C) groups is 1. The Morgan fingerprint density at radius 2 is 2.03 bits per heavy atom. The van der Waals surface area contributed by atoms with Crippen LogP contribution in [0.1, 0.15) is 49.7 Å². The summed E-state index contributed by atoms with van der Waals surface area (Å²) in [6, 6.07) is 6.88. The Bertz CT molecular complexity index is 709. The summed E-state index contributed by atoms with van der Waals surface area (Å²) in [6.07, 6.45) is 8.81. The molecule has 4 rings (SSSR count). The highest BCUT2D eigenvalue weighted by molar-refractivity contribution is 5.80. The average Bonchev–Trinajstić information content (AvgIpc) is 2.80. The van der Waals surface area contributed by atoms with E-state index in [1.165, 1.54) is 42.5 Å². The maximum atomic E-state index is 6.16. The van der Waals surface area contributed by atoms with E-state index in [1.807, 2.05) is 7.05 Å². The van der Waals surface area contributed by atoms with Gasteiger partial charge in [-0.1, -0.05) is 12.1 Å². The number of likely N-dealkylation sites (tertiary alicyclic amines) is 1. The molecule has 166 valence electrons. The minimum Gasteiger partial charge on any atom is -0.376 e. The number of aryl methyl sites for hydroxylation is 1. The third-order valence-corrected chi connectivity index (χ3v) is 6.69. The number of guanidine groups is 1. The summed E-state index contributed by atoms with van der Waals surface area (Å²) in [5.74, 6) is 0.999. The lowest BCUT2D eigenvalue weighted by molar-refractivity contribution is -0.0721. The van der Waals surface area contributed by atoms with Crippen LogP contribution >= 0.6 is 0 Å². The van der Waals surface area contributed by atoms with Crippen molar-refractivity contribution < 1.29 is 9.47 Å². The fourth-order valence-corrected chi connectivity index (χ4v) is 4.88. The Kier molecular flexibility index (Phi) is 7.50. The van der Waals surface area contributed by atoms with Crippen molar-refractivity contribution >= 4 is 11.6 Å². The summed E-state index contributed by atoms with van der Waals surface area (Å²) in [4.78, 5) is 9.26. The second kappa shape index (κ2) is 10.5. The van der Waals surface area contributed by atoms with E-state index < -0.39 is 0 Å². The number of rotatable bonds is 5. The van der Waals surface area contributed by atoms with E-state index in [4.69, 9.17) is 9.47 Å². The molecule has 0 aromatic heterocycles. The fourth-order valence-electron chi connectivity index (χ4n) is 4.88. The van der Waals surface area contributed by atoms with Crippen LogP contribution in [0, 0.1) is 0 Å². The molecule has 0 amide bonds. The zero-order valence-electron chi connectivity index (χ0n) is 18.7.